The molecule has 2 rings (SSSR count). The predicted octanol–water partition coefficient (Wildman–Crippen LogP) is 3.04. The van der Waals surface area contributed by atoms with Crippen molar-refractivity contribution < 1.29 is 13.5 Å². The Morgan fingerprint density at radius 2 is 2.33 bits per heavy atom. The minimum atomic E-state index is -1.68. The van der Waals surface area contributed by atoms with Crippen molar-refractivity contribution in [2.24, 2.45) is 0 Å². The standard InChI is InChI=1S/C13H16ClF2NO/c1-13(16,7-10-8-18-5-4-17-10)11-6-9(15)2-3-12(11)14/h2-3,6,10,17H,4-5,7-8H2,1H3. The van der Waals surface area contributed by atoms with Gasteiger partial charge in [-0.3, -0.25) is 0 Å². The molecule has 0 radical (unpaired) electrons. The fourth-order valence-corrected chi connectivity index (χ4v) is 2.54. The molecular formula is C13H16ClF2NO. The summed E-state index contributed by atoms with van der Waals surface area (Å²) in [5.41, 5.74) is -1.49. The number of rotatable bonds is 3. The Hall–Kier alpha value is -0.710. The zero-order chi connectivity index (χ0) is 13.2. The Bertz CT molecular complexity index is 419. The average Bonchev–Trinajstić information content (AvgIpc) is 2.33. The van der Waals surface area contributed by atoms with Crippen LogP contribution < -0.4 is 5.32 Å². The molecule has 0 aromatic heterocycles. The molecule has 5 heteroatoms. The van der Waals surface area contributed by atoms with Gasteiger partial charge in [-0.2, -0.15) is 0 Å². The van der Waals surface area contributed by atoms with Crippen molar-refractivity contribution in [1.82, 2.24) is 5.32 Å². The number of nitrogens with one attached hydrogen (secondary N) is 1. The Morgan fingerprint density at radius 1 is 1.56 bits per heavy atom. The first-order valence-electron chi connectivity index (χ1n) is 5.94. The van der Waals surface area contributed by atoms with Gasteiger partial charge in [0, 0.05) is 29.6 Å². The maximum Gasteiger partial charge on any atom is 0.136 e. The van der Waals surface area contributed by atoms with E-state index in [-0.39, 0.29) is 23.0 Å². The van der Waals surface area contributed by atoms with Gasteiger partial charge in [0.05, 0.1) is 13.2 Å². The summed E-state index contributed by atoms with van der Waals surface area (Å²) >= 11 is 5.94. The average molecular weight is 276 g/mol. The summed E-state index contributed by atoms with van der Waals surface area (Å²) in [6.45, 7) is 3.23. The van der Waals surface area contributed by atoms with Crippen LogP contribution in [0.4, 0.5) is 8.78 Å². The van der Waals surface area contributed by atoms with Crippen LogP contribution in [0.1, 0.15) is 18.9 Å². The van der Waals surface area contributed by atoms with E-state index in [0.717, 1.165) is 6.07 Å². The Kier molecular flexibility index (Phi) is 4.20. The summed E-state index contributed by atoms with van der Waals surface area (Å²) < 4.78 is 33.2. The van der Waals surface area contributed by atoms with Crippen LogP contribution in [-0.4, -0.2) is 25.8 Å². The first kappa shape index (κ1) is 13.7. The third kappa shape index (κ3) is 3.19. The Morgan fingerprint density at radius 3 is 3.00 bits per heavy atom. The van der Waals surface area contributed by atoms with E-state index in [1.165, 1.54) is 19.1 Å². The van der Waals surface area contributed by atoms with Crippen molar-refractivity contribution in [3.8, 4) is 0 Å². The van der Waals surface area contributed by atoms with E-state index in [2.05, 4.69) is 5.32 Å². The van der Waals surface area contributed by atoms with E-state index >= 15 is 0 Å². The number of hydrogen-bond donors (Lipinski definition) is 1. The molecule has 0 saturated carbocycles. The number of alkyl halides is 1. The molecular weight excluding hydrogens is 260 g/mol. The summed E-state index contributed by atoms with van der Waals surface area (Å²) in [5.74, 6) is -0.480. The third-order valence-electron chi connectivity index (χ3n) is 3.12. The van der Waals surface area contributed by atoms with Crippen LogP contribution in [0.3, 0.4) is 0 Å². The highest BCUT2D eigenvalue weighted by Gasteiger charge is 2.32. The van der Waals surface area contributed by atoms with Gasteiger partial charge in [0.15, 0.2) is 0 Å². The second kappa shape index (κ2) is 5.51. The lowest BCUT2D eigenvalue weighted by atomic mass is 9.90. The lowest BCUT2D eigenvalue weighted by Gasteiger charge is -2.30. The largest absolute Gasteiger partial charge is 0.379 e. The van der Waals surface area contributed by atoms with Gasteiger partial charge < -0.3 is 10.1 Å². The zero-order valence-electron chi connectivity index (χ0n) is 10.2. The molecule has 1 fully saturated rings. The monoisotopic (exact) mass is 275 g/mol. The van der Waals surface area contributed by atoms with Crippen LogP contribution in [0.2, 0.25) is 5.02 Å². The first-order valence-corrected chi connectivity index (χ1v) is 6.32. The molecule has 1 aliphatic heterocycles. The first-order chi connectivity index (χ1) is 8.49. The fourth-order valence-electron chi connectivity index (χ4n) is 2.22. The van der Waals surface area contributed by atoms with Crippen molar-refractivity contribution in [2.45, 2.75) is 25.1 Å². The van der Waals surface area contributed by atoms with Crippen LogP contribution in [0.5, 0.6) is 0 Å². The highest BCUT2D eigenvalue weighted by Crippen LogP contribution is 2.36. The number of ether oxygens (including phenoxy) is 1. The minimum Gasteiger partial charge on any atom is -0.379 e. The molecule has 2 atom stereocenters. The SMILES string of the molecule is CC(F)(CC1COCCN1)c1cc(F)ccc1Cl. The Balaban J connectivity index is 2.15. The molecule has 1 saturated heterocycles. The lowest BCUT2D eigenvalue weighted by Crippen LogP contribution is -2.44. The van der Waals surface area contributed by atoms with Gasteiger partial charge in [0.2, 0.25) is 0 Å². The quantitative estimate of drug-likeness (QED) is 0.915. The minimum absolute atomic E-state index is 0.0758. The van der Waals surface area contributed by atoms with Crippen molar-refractivity contribution in [3.63, 3.8) is 0 Å². The van der Waals surface area contributed by atoms with Crippen LogP contribution in [0.25, 0.3) is 0 Å². The molecule has 1 heterocycles. The maximum atomic E-state index is 14.7. The van der Waals surface area contributed by atoms with Crippen LogP contribution in [-0.2, 0) is 10.4 Å². The van der Waals surface area contributed by atoms with Crippen molar-refractivity contribution in [3.05, 3.63) is 34.6 Å². The van der Waals surface area contributed by atoms with E-state index in [0.29, 0.717) is 19.8 Å². The highest BCUT2D eigenvalue weighted by atomic mass is 35.5. The molecule has 100 valence electrons. The second-order valence-electron chi connectivity index (χ2n) is 4.75. The van der Waals surface area contributed by atoms with Gasteiger partial charge in [-0.15, -0.1) is 0 Å². The lowest BCUT2D eigenvalue weighted by molar-refractivity contribution is 0.0474. The number of halogens is 3. The van der Waals surface area contributed by atoms with Crippen molar-refractivity contribution in [1.29, 1.82) is 0 Å². The summed E-state index contributed by atoms with van der Waals surface area (Å²) in [4.78, 5) is 0. The van der Waals surface area contributed by atoms with Crippen LogP contribution in [0.15, 0.2) is 18.2 Å². The smallest absolute Gasteiger partial charge is 0.136 e. The predicted molar refractivity (Wildman–Crippen MR) is 67.1 cm³/mol. The van der Waals surface area contributed by atoms with Gasteiger partial charge in [0.1, 0.15) is 11.5 Å². The molecule has 1 aliphatic rings. The number of morpholine rings is 1. The number of benzene rings is 1. The maximum absolute atomic E-state index is 14.7. The van der Waals surface area contributed by atoms with E-state index in [1.807, 2.05) is 0 Å². The molecule has 0 bridgehead atoms. The van der Waals surface area contributed by atoms with Gasteiger partial charge in [-0.25, -0.2) is 8.78 Å². The summed E-state index contributed by atoms with van der Waals surface area (Å²) in [6.07, 6.45) is 0.205. The molecule has 0 spiro atoms. The van der Waals surface area contributed by atoms with Crippen LogP contribution in [0, 0.1) is 5.82 Å². The highest BCUT2D eigenvalue weighted by molar-refractivity contribution is 6.31. The molecule has 2 unspecified atom stereocenters. The van der Waals surface area contributed by atoms with Crippen molar-refractivity contribution >= 4 is 11.6 Å². The second-order valence-corrected chi connectivity index (χ2v) is 5.16. The zero-order valence-corrected chi connectivity index (χ0v) is 10.9. The summed E-state index contributed by atoms with van der Waals surface area (Å²) in [7, 11) is 0. The van der Waals surface area contributed by atoms with Gasteiger partial charge in [-0.05, 0) is 25.1 Å². The van der Waals surface area contributed by atoms with E-state index in [1.54, 1.807) is 0 Å². The summed E-state index contributed by atoms with van der Waals surface area (Å²) in [6, 6.07) is 3.69. The van der Waals surface area contributed by atoms with Crippen LogP contribution >= 0.6 is 11.6 Å². The molecule has 0 amide bonds. The topological polar surface area (TPSA) is 21.3 Å². The Labute approximate surface area is 110 Å². The number of hydrogen-bond acceptors (Lipinski definition) is 2. The van der Waals surface area contributed by atoms with E-state index in [4.69, 9.17) is 16.3 Å². The molecule has 0 aliphatic carbocycles. The molecule has 1 aromatic rings. The molecule has 1 aromatic carbocycles. The van der Waals surface area contributed by atoms with E-state index in [9.17, 15) is 8.78 Å². The van der Waals surface area contributed by atoms with Gasteiger partial charge in [0.25, 0.3) is 0 Å². The molecule has 2 nitrogen and oxygen atoms in total. The van der Waals surface area contributed by atoms with Gasteiger partial charge in [-0.1, -0.05) is 11.6 Å². The summed E-state index contributed by atoms with van der Waals surface area (Å²) in [5, 5.41) is 3.43. The van der Waals surface area contributed by atoms with Gasteiger partial charge >= 0.3 is 0 Å². The molecule has 18 heavy (non-hydrogen) atoms. The fraction of sp³-hybridized carbons (Fsp3) is 0.538. The van der Waals surface area contributed by atoms with Crippen molar-refractivity contribution in [2.75, 3.05) is 19.8 Å². The van der Waals surface area contributed by atoms with E-state index < -0.39 is 11.5 Å². The normalized spacial score (nSPS) is 23.7. The molecule has 1 N–H and O–H groups in total. The third-order valence-corrected chi connectivity index (χ3v) is 3.45.